The fourth-order valence-electron chi connectivity index (χ4n) is 2.17. The van der Waals surface area contributed by atoms with Gasteiger partial charge in [-0.05, 0) is 18.2 Å². The highest BCUT2D eigenvalue weighted by molar-refractivity contribution is 5.31. The molecule has 102 valence electrons. The van der Waals surface area contributed by atoms with E-state index in [9.17, 15) is 0 Å². The standard InChI is InChI=1S/C15H17N5/c1-19-8-7-13(18-19)9-15(16)12-10-17-20(11-12)14-5-3-2-4-6-14/h2-8,10-11,15H,9,16H2,1H3. The van der Waals surface area contributed by atoms with Crippen LogP contribution < -0.4 is 5.73 Å². The number of nitrogens with two attached hydrogens (primary N) is 1. The van der Waals surface area contributed by atoms with Gasteiger partial charge in [0.2, 0.25) is 0 Å². The van der Waals surface area contributed by atoms with Crippen LogP contribution in [0.1, 0.15) is 17.3 Å². The number of hydrogen-bond donors (Lipinski definition) is 1. The molecule has 2 heterocycles. The molecule has 5 heteroatoms. The molecule has 0 aliphatic carbocycles. The van der Waals surface area contributed by atoms with Crippen molar-refractivity contribution in [1.29, 1.82) is 0 Å². The van der Waals surface area contributed by atoms with E-state index >= 15 is 0 Å². The number of para-hydroxylation sites is 1. The van der Waals surface area contributed by atoms with Crippen molar-refractivity contribution in [1.82, 2.24) is 19.6 Å². The SMILES string of the molecule is Cn1ccc(CC(N)c2cnn(-c3ccccc3)c2)n1. The van der Waals surface area contributed by atoms with Crippen LogP contribution in [0.25, 0.3) is 5.69 Å². The van der Waals surface area contributed by atoms with Gasteiger partial charge in [0.05, 0.1) is 17.6 Å². The van der Waals surface area contributed by atoms with Crippen molar-refractivity contribution in [3.05, 3.63) is 66.2 Å². The summed E-state index contributed by atoms with van der Waals surface area (Å²) in [6.45, 7) is 0. The van der Waals surface area contributed by atoms with Gasteiger partial charge in [0, 0.05) is 37.5 Å². The lowest BCUT2D eigenvalue weighted by Crippen LogP contribution is -2.13. The molecule has 20 heavy (non-hydrogen) atoms. The van der Waals surface area contributed by atoms with Crippen molar-refractivity contribution in [2.75, 3.05) is 0 Å². The zero-order valence-electron chi connectivity index (χ0n) is 11.3. The number of aryl methyl sites for hydroxylation is 1. The molecule has 0 spiro atoms. The average Bonchev–Trinajstić information content (AvgIpc) is 3.09. The van der Waals surface area contributed by atoms with E-state index in [2.05, 4.69) is 10.2 Å². The number of benzene rings is 1. The third-order valence-electron chi connectivity index (χ3n) is 3.25. The summed E-state index contributed by atoms with van der Waals surface area (Å²) in [6.07, 6.45) is 6.43. The summed E-state index contributed by atoms with van der Waals surface area (Å²) in [6, 6.07) is 11.9. The predicted octanol–water partition coefficient (Wildman–Crippen LogP) is 1.85. The normalized spacial score (nSPS) is 12.5. The second-order valence-corrected chi connectivity index (χ2v) is 4.85. The molecule has 2 N–H and O–H groups in total. The Hall–Kier alpha value is -2.40. The van der Waals surface area contributed by atoms with Gasteiger partial charge in [-0.25, -0.2) is 4.68 Å². The molecule has 1 atom stereocenters. The Morgan fingerprint density at radius 3 is 2.70 bits per heavy atom. The Morgan fingerprint density at radius 2 is 2.00 bits per heavy atom. The third kappa shape index (κ3) is 2.62. The predicted molar refractivity (Wildman–Crippen MR) is 77.4 cm³/mol. The molecular weight excluding hydrogens is 250 g/mol. The van der Waals surface area contributed by atoms with E-state index in [1.54, 1.807) is 4.68 Å². The first kappa shape index (κ1) is 12.6. The first-order valence-electron chi connectivity index (χ1n) is 6.56. The van der Waals surface area contributed by atoms with E-state index in [-0.39, 0.29) is 6.04 Å². The van der Waals surface area contributed by atoms with Crippen LogP contribution in [0.15, 0.2) is 55.0 Å². The topological polar surface area (TPSA) is 61.7 Å². The Kier molecular flexibility index (Phi) is 3.35. The molecule has 0 radical (unpaired) electrons. The molecule has 5 nitrogen and oxygen atoms in total. The summed E-state index contributed by atoms with van der Waals surface area (Å²) < 4.78 is 3.63. The highest BCUT2D eigenvalue weighted by Crippen LogP contribution is 2.16. The average molecular weight is 267 g/mol. The van der Waals surface area contributed by atoms with E-state index in [4.69, 9.17) is 5.73 Å². The van der Waals surface area contributed by atoms with Crippen LogP contribution in [0.3, 0.4) is 0 Å². The van der Waals surface area contributed by atoms with Gasteiger partial charge in [-0.2, -0.15) is 10.2 Å². The van der Waals surface area contributed by atoms with Crippen LogP contribution in [-0.4, -0.2) is 19.6 Å². The Bertz CT molecular complexity index is 683. The zero-order chi connectivity index (χ0) is 13.9. The summed E-state index contributed by atoms with van der Waals surface area (Å²) >= 11 is 0. The van der Waals surface area contributed by atoms with E-state index in [0.29, 0.717) is 6.42 Å². The highest BCUT2D eigenvalue weighted by Gasteiger charge is 2.11. The van der Waals surface area contributed by atoms with Crippen molar-refractivity contribution < 1.29 is 0 Å². The monoisotopic (exact) mass is 267 g/mol. The van der Waals surface area contributed by atoms with E-state index in [0.717, 1.165) is 16.9 Å². The maximum atomic E-state index is 6.23. The molecular formula is C15H17N5. The van der Waals surface area contributed by atoms with Gasteiger partial charge in [-0.3, -0.25) is 4.68 Å². The quantitative estimate of drug-likeness (QED) is 0.784. The highest BCUT2D eigenvalue weighted by atomic mass is 15.3. The van der Waals surface area contributed by atoms with Crippen LogP contribution in [0.4, 0.5) is 0 Å². The fraction of sp³-hybridized carbons (Fsp3) is 0.200. The molecule has 1 unspecified atom stereocenters. The Morgan fingerprint density at radius 1 is 1.20 bits per heavy atom. The first-order valence-corrected chi connectivity index (χ1v) is 6.56. The summed E-state index contributed by atoms with van der Waals surface area (Å²) in [7, 11) is 1.91. The maximum Gasteiger partial charge on any atom is 0.0645 e. The van der Waals surface area contributed by atoms with Gasteiger partial charge in [-0.1, -0.05) is 18.2 Å². The molecule has 0 saturated carbocycles. The molecule has 1 aromatic carbocycles. The largest absolute Gasteiger partial charge is 0.324 e. The van der Waals surface area contributed by atoms with Crippen molar-refractivity contribution in [2.45, 2.75) is 12.5 Å². The van der Waals surface area contributed by atoms with Crippen LogP contribution in [0.2, 0.25) is 0 Å². The third-order valence-corrected chi connectivity index (χ3v) is 3.25. The second kappa shape index (κ2) is 5.30. The first-order chi connectivity index (χ1) is 9.72. The second-order valence-electron chi connectivity index (χ2n) is 4.85. The number of aromatic nitrogens is 4. The fourth-order valence-corrected chi connectivity index (χ4v) is 2.17. The number of rotatable bonds is 4. The number of hydrogen-bond acceptors (Lipinski definition) is 3. The molecule has 3 rings (SSSR count). The molecule has 0 amide bonds. The van der Waals surface area contributed by atoms with Crippen LogP contribution in [-0.2, 0) is 13.5 Å². The molecule has 0 fully saturated rings. The molecule has 0 saturated heterocycles. The lowest BCUT2D eigenvalue weighted by atomic mass is 10.1. The summed E-state index contributed by atoms with van der Waals surface area (Å²) in [5, 5.41) is 8.72. The van der Waals surface area contributed by atoms with E-state index in [1.165, 1.54) is 0 Å². The van der Waals surface area contributed by atoms with Gasteiger partial charge in [0.25, 0.3) is 0 Å². The van der Waals surface area contributed by atoms with Crippen LogP contribution in [0, 0.1) is 0 Å². The summed E-state index contributed by atoms with van der Waals surface area (Å²) in [4.78, 5) is 0. The maximum absolute atomic E-state index is 6.23. The van der Waals surface area contributed by atoms with E-state index < -0.39 is 0 Å². The van der Waals surface area contributed by atoms with Gasteiger partial charge in [0.15, 0.2) is 0 Å². The summed E-state index contributed by atoms with van der Waals surface area (Å²) in [5.74, 6) is 0. The molecule has 0 bridgehead atoms. The molecule has 2 aromatic heterocycles. The number of nitrogens with zero attached hydrogens (tertiary/aromatic N) is 4. The van der Waals surface area contributed by atoms with Gasteiger partial charge >= 0.3 is 0 Å². The molecule has 0 aliphatic heterocycles. The Labute approximate surface area is 117 Å². The minimum absolute atomic E-state index is 0.0950. The van der Waals surface area contributed by atoms with Crippen molar-refractivity contribution >= 4 is 0 Å². The summed E-state index contributed by atoms with van der Waals surface area (Å²) in [5.41, 5.74) is 9.26. The van der Waals surface area contributed by atoms with Gasteiger partial charge in [-0.15, -0.1) is 0 Å². The van der Waals surface area contributed by atoms with Crippen LogP contribution in [0.5, 0.6) is 0 Å². The lowest BCUT2D eigenvalue weighted by Gasteiger charge is -2.06. The molecule has 3 aromatic rings. The smallest absolute Gasteiger partial charge is 0.0645 e. The van der Waals surface area contributed by atoms with Crippen molar-refractivity contribution in [2.24, 2.45) is 12.8 Å². The van der Waals surface area contributed by atoms with E-state index in [1.807, 2.05) is 66.7 Å². The Balaban J connectivity index is 1.76. The van der Waals surface area contributed by atoms with Crippen LogP contribution >= 0.6 is 0 Å². The minimum Gasteiger partial charge on any atom is -0.324 e. The van der Waals surface area contributed by atoms with Gasteiger partial charge < -0.3 is 5.73 Å². The minimum atomic E-state index is -0.0950. The zero-order valence-corrected chi connectivity index (χ0v) is 11.3. The lowest BCUT2D eigenvalue weighted by molar-refractivity contribution is 0.675. The molecule has 0 aliphatic rings. The van der Waals surface area contributed by atoms with Crippen molar-refractivity contribution in [3.8, 4) is 5.69 Å². The van der Waals surface area contributed by atoms with Gasteiger partial charge in [0.1, 0.15) is 0 Å². The van der Waals surface area contributed by atoms with Crippen molar-refractivity contribution in [3.63, 3.8) is 0 Å².